The van der Waals surface area contributed by atoms with Gasteiger partial charge in [0.1, 0.15) is 0 Å². The second-order valence-corrected chi connectivity index (χ2v) is 6.83. The molecule has 0 saturated heterocycles. The zero-order valence-corrected chi connectivity index (χ0v) is 14.0. The van der Waals surface area contributed by atoms with E-state index in [4.69, 9.17) is 0 Å². The highest BCUT2D eigenvalue weighted by molar-refractivity contribution is 7.92. The fourth-order valence-corrected chi connectivity index (χ4v) is 3.13. The van der Waals surface area contributed by atoms with Gasteiger partial charge in [-0.25, -0.2) is 13.2 Å². The molecule has 0 aliphatic carbocycles. The van der Waals surface area contributed by atoms with Gasteiger partial charge >= 0.3 is 12.1 Å². The summed E-state index contributed by atoms with van der Waals surface area (Å²) in [4.78, 5) is 11.2. The van der Waals surface area contributed by atoms with E-state index in [9.17, 15) is 26.4 Å². The SMILES string of the molecule is COC(=O)c1ccc(C)c(NS(=O)(=O)c2ccc(C(F)(F)F)cc2)c1. The van der Waals surface area contributed by atoms with Crippen molar-refractivity contribution in [2.45, 2.75) is 18.0 Å². The third-order valence-corrected chi connectivity index (χ3v) is 4.78. The summed E-state index contributed by atoms with van der Waals surface area (Å²) in [6, 6.07) is 7.39. The van der Waals surface area contributed by atoms with Gasteiger partial charge in [-0.15, -0.1) is 0 Å². The molecule has 0 aliphatic heterocycles. The zero-order valence-electron chi connectivity index (χ0n) is 13.2. The minimum atomic E-state index is -4.55. The van der Waals surface area contributed by atoms with E-state index >= 15 is 0 Å². The molecule has 0 heterocycles. The summed E-state index contributed by atoms with van der Waals surface area (Å²) >= 11 is 0. The number of nitrogens with one attached hydrogen (secondary N) is 1. The summed E-state index contributed by atoms with van der Waals surface area (Å²) in [6.45, 7) is 1.62. The molecule has 9 heteroatoms. The molecule has 0 atom stereocenters. The third kappa shape index (κ3) is 4.30. The van der Waals surface area contributed by atoms with Crippen LogP contribution in [0.5, 0.6) is 0 Å². The molecule has 2 rings (SSSR count). The Labute approximate surface area is 142 Å². The van der Waals surface area contributed by atoms with Gasteiger partial charge in [-0.2, -0.15) is 13.2 Å². The van der Waals surface area contributed by atoms with E-state index in [1.807, 2.05) is 0 Å². The van der Waals surface area contributed by atoms with Crippen LogP contribution in [0.4, 0.5) is 18.9 Å². The highest BCUT2D eigenvalue weighted by atomic mass is 32.2. The number of carbonyl (C=O) groups excluding carboxylic acids is 1. The van der Waals surface area contributed by atoms with Crippen LogP contribution in [0.3, 0.4) is 0 Å². The first-order valence-corrected chi connectivity index (χ1v) is 8.42. The molecule has 2 aromatic rings. The van der Waals surface area contributed by atoms with Crippen molar-refractivity contribution in [1.82, 2.24) is 0 Å². The van der Waals surface area contributed by atoms with Gasteiger partial charge in [-0.3, -0.25) is 4.72 Å². The Morgan fingerprint density at radius 1 is 1.08 bits per heavy atom. The predicted octanol–water partition coefficient (Wildman–Crippen LogP) is 3.60. The van der Waals surface area contributed by atoms with Gasteiger partial charge in [0.25, 0.3) is 10.0 Å². The maximum absolute atomic E-state index is 12.6. The Bertz CT molecular complexity index is 891. The van der Waals surface area contributed by atoms with E-state index in [-0.39, 0.29) is 16.1 Å². The lowest BCUT2D eigenvalue weighted by Crippen LogP contribution is -2.15. The number of sulfonamides is 1. The minimum Gasteiger partial charge on any atom is -0.465 e. The van der Waals surface area contributed by atoms with Crippen LogP contribution < -0.4 is 4.72 Å². The fourth-order valence-electron chi connectivity index (χ4n) is 2.00. The Kier molecular flexibility index (Phi) is 5.07. The van der Waals surface area contributed by atoms with Gasteiger partial charge in [0.05, 0.1) is 28.8 Å². The number of aryl methyl sites for hydroxylation is 1. The van der Waals surface area contributed by atoms with Gasteiger partial charge in [0.15, 0.2) is 0 Å². The van der Waals surface area contributed by atoms with Gasteiger partial charge in [0, 0.05) is 0 Å². The first-order valence-electron chi connectivity index (χ1n) is 6.93. The number of rotatable bonds is 4. The van der Waals surface area contributed by atoms with Gasteiger partial charge in [-0.05, 0) is 48.9 Å². The van der Waals surface area contributed by atoms with E-state index in [0.29, 0.717) is 17.7 Å². The molecule has 2 aromatic carbocycles. The number of alkyl halides is 3. The Balaban J connectivity index is 2.34. The monoisotopic (exact) mass is 373 g/mol. The molecular weight excluding hydrogens is 359 g/mol. The molecule has 0 fully saturated rings. The lowest BCUT2D eigenvalue weighted by Gasteiger charge is -2.13. The van der Waals surface area contributed by atoms with Crippen LogP contribution in [0.1, 0.15) is 21.5 Å². The van der Waals surface area contributed by atoms with Crippen molar-refractivity contribution in [3.05, 3.63) is 59.2 Å². The maximum Gasteiger partial charge on any atom is 0.416 e. The minimum absolute atomic E-state index is 0.128. The van der Waals surface area contributed by atoms with E-state index in [1.165, 1.54) is 25.3 Å². The van der Waals surface area contributed by atoms with Crippen molar-refractivity contribution in [2.24, 2.45) is 0 Å². The van der Waals surface area contributed by atoms with Crippen LogP contribution in [-0.2, 0) is 20.9 Å². The van der Waals surface area contributed by atoms with E-state index < -0.39 is 27.7 Å². The van der Waals surface area contributed by atoms with Crippen molar-refractivity contribution >= 4 is 21.7 Å². The number of carbonyl (C=O) groups is 1. The van der Waals surface area contributed by atoms with Crippen molar-refractivity contribution < 1.29 is 31.1 Å². The second kappa shape index (κ2) is 6.75. The molecule has 0 aliphatic rings. The number of halogens is 3. The summed E-state index contributed by atoms with van der Waals surface area (Å²) in [5.74, 6) is -0.644. The molecule has 0 radical (unpaired) electrons. The number of hydrogen-bond acceptors (Lipinski definition) is 4. The lowest BCUT2D eigenvalue weighted by molar-refractivity contribution is -0.137. The Hall–Kier alpha value is -2.55. The molecule has 0 aromatic heterocycles. The molecule has 0 spiro atoms. The summed E-state index contributed by atoms with van der Waals surface area (Å²) in [5.41, 5.74) is -0.153. The Morgan fingerprint density at radius 3 is 2.20 bits per heavy atom. The van der Waals surface area contributed by atoms with Crippen molar-refractivity contribution in [2.75, 3.05) is 11.8 Å². The van der Waals surface area contributed by atoms with E-state index in [0.717, 1.165) is 12.1 Å². The first-order chi connectivity index (χ1) is 11.5. The molecule has 134 valence electrons. The Morgan fingerprint density at radius 2 is 1.68 bits per heavy atom. The van der Waals surface area contributed by atoms with Crippen LogP contribution in [-0.4, -0.2) is 21.5 Å². The fraction of sp³-hybridized carbons (Fsp3) is 0.188. The van der Waals surface area contributed by atoms with Crippen LogP contribution in [0.25, 0.3) is 0 Å². The van der Waals surface area contributed by atoms with Crippen LogP contribution in [0.2, 0.25) is 0 Å². The molecule has 5 nitrogen and oxygen atoms in total. The summed E-state index contributed by atoms with van der Waals surface area (Å²) in [7, 11) is -2.93. The van der Waals surface area contributed by atoms with Gasteiger partial charge in [-0.1, -0.05) is 6.07 Å². The van der Waals surface area contributed by atoms with Crippen LogP contribution in [0, 0.1) is 6.92 Å². The lowest BCUT2D eigenvalue weighted by atomic mass is 10.1. The molecule has 0 bridgehead atoms. The second-order valence-electron chi connectivity index (χ2n) is 5.15. The molecular formula is C16H14F3NO4S. The summed E-state index contributed by atoms with van der Waals surface area (Å²) < 4.78 is 69.2. The van der Waals surface area contributed by atoms with Gasteiger partial charge in [0.2, 0.25) is 0 Å². The highest BCUT2D eigenvalue weighted by Gasteiger charge is 2.30. The highest BCUT2D eigenvalue weighted by Crippen LogP contribution is 2.30. The number of ether oxygens (including phenoxy) is 1. The number of hydrogen-bond donors (Lipinski definition) is 1. The molecule has 1 N–H and O–H groups in total. The summed E-state index contributed by atoms with van der Waals surface area (Å²) in [6.07, 6.45) is -4.55. The largest absolute Gasteiger partial charge is 0.465 e. The van der Waals surface area contributed by atoms with Crippen molar-refractivity contribution in [1.29, 1.82) is 0 Å². The van der Waals surface area contributed by atoms with Crippen LogP contribution in [0.15, 0.2) is 47.4 Å². The number of esters is 1. The first kappa shape index (κ1) is 18.8. The number of anilines is 1. The molecule has 0 amide bonds. The maximum atomic E-state index is 12.6. The molecule has 25 heavy (non-hydrogen) atoms. The average Bonchev–Trinajstić information content (AvgIpc) is 2.55. The van der Waals surface area contributed by atoms with E-state index in [2.05, 4.69) is 9.46 Å². The average molecular weight is 373 g/mol. The van der Waals surface area contributed by atoms with Crippen LogP contribution >= 0.6 is 0 Å². The zero-order chi connectivity index (χ0) is 18.8. The van der Waals surface area contributed by atoms with E-state index in [1.54, 1.807) is 6.92 Å². The predicted molar refractivity (Wildman–Crippen MR) is 84.8 cm³/mol. The molecule has 0 saturated carbocycles. The number of benzene rings is 2. The number of methoxy groups -OCH3 is 1. The van der Waals surface area contributed by atoms with Crippen molar-refractivity contribution in [3.63, 3.8) is 0 Å². The van der Waals surface area contributed by atoms with Gasteiger partial charge < -0.3 is 4.74 Å². The normalized spacial score (nSPS) is 11.9. The third-order valence-electron chi connectivity index (χ3n) is 3.39. The topological polar surface area (TPSA) is 72.5 Å². The molecule has 0 unspecified atom stereocenters. The smallest absolute Gasteiger partial charge is 0.416 e. The standard InChI is InChI=1S/C16H14F3NO4S/c1-10-3-4-11(15(21)24-2)9-14(10)20-25(22,23)13-7-5-12(6-8-13)16(17,18)19/h3-9,20H,1-2H3. The summed E-state index contributed by atoms with van der Waals surface area (Å²) in [5, 5.41) is 0. The quantitative estimate of drug-likeness (QED) is 0.831. The van der Waals surface area contributed by atoms with Crippen molar-refractivity contribution in [3.8, 4) is 0 Å².